The van der Waals surface area contributed by atoms with E-state index in [9.17, 15) is 5.11 Å². The van der Waals surface area contributed by atoms with Crippen LogP contribution < -0.4 is 0 Å². The first-order chi connectivity index (χ1) is 8.74. The van der Waals surface area contributed by atoms with Crippen molar-refractivity contribution in [2.45, 2.75) is 50.7 Å². The fourth-order valence-electron chi connectivity index (χ4n) is 3.08. The van der Waals surface area contributed by atoms with Crippen molar-refractivity contribution in [3.05, 3.63) is 35.4 Å². The molecular formula is C16H22O2. The normalized spacial score (nSPS) is 30.1. The summed E-state index contributed by atoms with van der Waals surface area (Å²) in [5.41, 5.74) is 2.48. The molecule has 3 atom stereocenters. The van der Waals surface area contributed by atoms with E-state index in [0.717, 1.165) is 17.9 Å². The highest BCUT2D eigenvalue weighted by atomic mass is 16.5. The van der Waals surface area contributed by atoms with Crippen LogP contribution in [0.2, 0.25) is 0 Å². The standard InChI is InChI=1S/C16H22O2/c1-11-8-15(10-18-11)16(17)14-7-3-6-13(9-14)12-4-2-5-12/h3,6-7,9,11-12,15-17H,2,4-5,8,10H2,1H3. The van der Waals surface area contributed by atoms with Crippen LogP contribution in [0, 0.1) is 5.92 Å². The third-order valence-electron chi connectivity index (χ3n) is 4.50. The van der Waals surface area contributed by atoms with Gasteiger partial charge in [-0.05, 0) is 43.2 Å². The Hall–Kier alpha value is -0.860. The largest absolute Gasteiger partial charge is 0.388 e. The number of benzene rings is 1. The van der Waals surface area contributed by atoms with E-state index >= 15 is 0 Å². The van der Waals surface area contributed by atoms with Gasteiger partial charge in [0.1, 0.15) is 0 Å². The second-order valence-corrected chi connectivity index (χ2v) is 5.88. The Morgan fingerprint density at radius 1 is 1.33 bits per heavy atom. The minimum atomic E-state index is -0.366. The van der Waals surface area contributed by atoms with E-state index in [1.807, 2.05) is 0 Å². The molecule has 1 saturated heterocycles. The third-order valence-corrected chi connectivity index (χ3v) is 4.50. The summed E-state index contributed by atoms with van der Waals surface area (Å²) in [7, 11) is 0. The highest BCUT2D eigenvalue weighted by Gasteiger charge is 2.30. The molecular weight excluding hydrogens is 224 g/mol. The van der Waals surface area contributed by atoms with Crippen molar-refractivity contribution in [2.75, 3.05) is 6.61 Å². The molecule has 0 spiro atoms. The Balaban J connectivity index is 1.74. The van der Waals surface area contributed by atoms with Crippen molar-refractivity contribution in [3.63, 3.8) is 0 Å². The summed E-state index contributed by atoms with van der Waals surface area (Å²) in [4.78, 5) is 0. The molecule has 1 aromatic rings. The van der Waals surface area contributed by atoms with E-state index in [4.69, 9.17) is 4.74 Å². The van der Waals surface area contributed by atoms with Gasteiger partial charge in [-0.3, -0.25) is 0 Å². The zero-order valence-electron chi connectivity index (χ0n) is 11.0. The number of rotatable bonds is 3. The summed E-state index contributed by atoms with van der Waals surface area (Å²) in [6, 6.07) is 8.55. The number of aliphatic hydroxyl groups is 1. The van der Waals surface area contributed by atoms with Crippen LogP contribution in [-0.2, 0) is 4.74 Å². The predicted octanol–water partition coefficient (Wildman–Crippen LogP) is 3.41. The van der Waals surface area contributed by atoms with Crippen molar-refractivity contribution in [1.29, 1.82) is 0 Å². The molecule has 1 N–H and O–H groups in total. The SMILES string of the molecule is CC1CC(C(O)c2cccc(C3CCC3)c2)CO1. The quantitative estimate of drug-likeness (QED) is 0.885. The van der Waals surface area contributed by atoms with Crippen LogP contribution in [0.5, 0.6) is 0 Å². The summed E-state index contributed by atoms with van der Waals surface area (Å²) in [5, 5.41) is 10.5. The van der Waals surface area contributed by atoms with Crippen molar-refractivity contribution in [2.24, 2.45) is 5.92 Å². The third kappa shape index (κ3) is 2.32. The molecule has 2 aliphatic rings. The summed E-state index contributed by atoms with van der Waals surface area (Å²) in [5.74, 6) is 0.993. The van der Waals surface area contributed by atoms with Gasteiger partial charge in [0.05, 0.1) is 18.8 Å². The van der Waals surface area contributed by atoms with Crippen LogP contribution in [0.25, 0.3) is 0 Å². The average molecular weight is 246 g/mol. The van der Waals surface area contributed by atoms with Crippen molar-refractivity contribution in [3.8, 4) is 0 Å². The van der Waals surface area contributed by atoms with Gasteiger partial charge in [0.25, 0.3) is 0 Å². The topological polar surface area (TPSA) is 29.5 Å². The lowest BCUT2D eigenvalue weighted by molar-refractivity contribution is 0.0803. The number of aliphatic hydroxyl groups excluding tert-OH is 1. The fraction of sp³-hybridized carbons (Fsp3) is 0.625. The van der Waals surface area contributed by atoms with Crippen LogP contribution in [0.15, 0.2) is 24.3 Å². The van der Waals surface area contributed by atoms with Gasteiger partial charge in [0.15, 0.2) is 0 Å². The smallest absolute Gasteiger partial charge is 0.0841 e. The predicted molar refractivity (Wildman–Crippen MR) is 71.5 cm³/mol. The van der Waals surface area contributed by atoms with Crippen LogP contribution in [0.3, 0.4) is 0 Å². The Morgan fingerprint density at radius 2 is 2.17 bits per heavy atom. The van der Waals surface area contributed by atoms with Gasteiger partial charge >= 0.3 is 0 Å². The molecule has 2 fully saturated rings. The summed E-state index contributed by atoms with van der Waals surface area (Å²) >= 11 is 0. The first-order valence-corrected chi connectivity index (χ1v) is 7.13. The lowest BCUT2D eigenvalue weighted by Crippen LogP contribution is -2.14. The van der Waals surface area contributed by atoms with Crippen LogP contribution in [-0.4, -0.2) is 17.8 Å². The second-order valence-electron chi connectivity index (χ2n) is 5.88. The summed E-state index contributed by atoms with van der Waals surface area (Å²) < 4.78 is 5.56. The highest BCUT2D eigenvalue weighted by Crippen LogP contribution is 2.38. The van der Waals surface area contributed by atoms with E-state index in [0.29, 0.717) is 12.7 Å². The van der Waals surface area contributed by atoms with E-state index < -0.39 is 0 Å². The summed E-state index contributed by atoms with van der Waals surface area (Å²) in [6.07, 6.45) is 4.86. The van der Waals surface area contributed by atoms with Crippen molar-refractivity contribution >= 4 is 0 Å². The molecule has 0 radical (unpaired) electrons. The molecule has 18 heavy (non-hydrogen) atoms. The van der Waals surface area contributed by atoms with Gasteiger partial charge in [0.2, 0.25) is 0 Å². The number of ether oxygens (including phenoxy) is 1. The molecule has 1 aliphatic heterocycles. The maximum absolute atomic E-state index is 10.5. The van der Waals surface area contributed by atoms with Gasteiger partial charge in [-0.15, -0.1) is 0 Å². The molecule has 1 heterocycles. The molecule has 0 bridgehead atoms. The second kappa shape index (κ2) is 5.02. The van der Waals surface area contributed by atoms with E-state index in [1.54, 1.807) is 0 Å². The van der Waals surface area contributed by atoms with E-state index in [-0.39, 0.29) is 12.0 Å². The van der Waals surface area contributed by atoms with Crippen LogP contribution in [0.1, 0.15) is 55.8 Å². The first kappa shape index (κ1) is 12.2. The van der Waals surface area contributed by atoms with E-state index in [1.165, 1.54) is 24.8 Å². The van der Waals surface area contributed by atoms with Crippen molar-refractivity contribution in [1.82, 2.24) is 0 Å². The zero-order valence-corrected chi connectivity index (χ0v) is 11.0. The van der Waals surface area contributed by atoms with Gasteiger partial charge in [-0.25, -0.2) is 0 Å². The Kier molecular flexibility index (Phi) is 3.40. The maximum Gasteiger partial charge on any atom is 0.0841 e. The maximum atomic E-state index is 10.5. The van der Waals surface area contributed by atoms with Crippen LogP contribution in [0.4, 0.5) is 0 Å². The van der Waals surface area contributed by atoms with Gasteiger partial charge in [0, 0.05) is 5.92 Å². The van der Waals surface area contributed by atoms with E-state index in [2.05, 4.69) is 31.2 Å². The molecule has 2 heteroatoms. The highest BCUT2D eigenvalue weighted by molar-refractivity contribution is 5.29. The molecule has 98 valence electrons. The lowest BCUT2D eigenvalue weighted by Gasteiger charge is -2.27. The fourth-order valence-corrected chi connectivity index (χ4v) is 3.08. The summed E-state index contributed by atoms with van der Waals surface area (Å²) in [6.45, 7) is 2.77. The molecule has 1 aliphatic carbocycles. The molecule has 3 rings (SSSR count). The molecule has 1 saturated carbocycles. The Labute approximate surface area is 109 Å². The molecule has 0 amide bonds. The van der Waals surface area contributed by atoms with Gasteiger partial charge in [-0.1, -0.05) is 30.7 Å². The van der Waals surface area contributed by atoms with Gasteiger partial charge in [-0.2, -0.15) is 0 Å². The monoisotopic (exact) mass is 246 g/mol. The minimum Gasteiger partial charge on any atom is -0.388 e. The van der Waals surface area contributed by atoms with Gasteiger partial charge < -0.3 is 9.84 Å². The lowest BCUT2D eigenvalue weighted by atomic mass is 9.79. The first-order valence-electron chi connectivity index (χ1n) is 7.13. The molecule has 0 aromatic heterocycles. The zero-order chi connectivity index (χ0) is 12.5. The van der Waals surface area contributed by atoms with Crippen molar-refractivity contribution < 1.29 is 9.84 Å². The molecule has 2 nitrogen and oxygen atoms in total. The number of hydrogen-bond donors (Lipinski definition) is 1. The molecule has 3 unspecified atom stereocenters. The molecule has 1 aromatic carbocycles. The van der Waals surface area contributed by atoms with Crippen LogP contribution >= 0.6 is 0 Å². The average Bonchev–Trinajstić information content (AvgIpc) is 2.73. The number of hydrogen-bond acceptors (Lipinski definition) is 2. The minimum absolute atomic E-state index is 0.261. The Morgan fingerprint density at radius 3 is 2.78 bits per heavy atom. The Bertz CT molecular complexity index is 411.